The summed E-state index contributed by atoms with van der Waals surface area (Å²) in [4.78, 5) is 14.8. The highest BCUT2D eigenvalue weighted by Gasteiger charge is 2.15. The van der Waals surface area contributed by atoms with Gasteiger partial charge in [0.15, 0.2) is 5.82 Å². The maximum Gasteiger partial charge on any atom is 0.160 e. The molecule has 0 aliphatic heterocycles. The minimum Gasteiger partial charge on any atom is -0.256 e. The predicted molar refractivity (Wildman–Crippen MR) is 217 cm³/mol. The van der Waals surface area contributed by atoms with Crippen LogP contribution in [0.4, 0.5) is 0 Å². The standard InChI is InChI=1S/C49H31N3/c1-2-11-34(12-3-1)46-31-47(52-49(51-46)37-24-18-33(19-25-37)40-28-29-50-45-17-9-8-16-42(40)45)35-20-22-36(23-21-35)48-41-15-7-5-13-38(41)30-44-39-14-6-4-10-32(39)26-27-43(44)48/h1-31H. The zero-order chi connectivity index (χ0) is 34.4. The zero-order valence-corrected chi connectivity index (χ0v) is 28.2. The van der Waals surface area contributed by atoms with Crippen LogP contribution in [0.1, 0.15) is 0 Å². The first-order valence-electron chi connectivity index (χ1n) is 17.6. The van der Waals surface area contributed by atoms with Crippen molar-refractivity contribution in [2.45, 2.75) is 0 Å². The molecule has 0 fully saturated rings. The summed E-state index contributed by atoms with van der Waals surface area (Å²) >= 11 is 0. The number of hydrogen-bond acceptors (Lipinski definition) is 3. The summed E-state index contributed by atoms with van der Waals surface area (Å²) in [5, 5.41) is 8.67. The highest BCUT2D eigenvalue weighted by atomic mass is 14.9. The van der Waals surface area contributed by atoms with E-state index in [9.17, 15) is 0 Å². The molecule has 10 rings (SSSR count). The number of nitrogens with zero attached hydrogens (tertiary/aromatic N) is 3. The maximum absolute atomic E-state index is 5.17. The monoisotopic (exact) mass is 661 g/mol. The minimum atomic E-state index is 0.693. The van der Waals surface area contributed by atoms with E-state index in [0.717, 1.165) is 50.1 Å². The molecule has 0 saturated heterocycles. The quantitative estimate of drug-likeness (QED) is 0.136. The average molecular weight is 662 g/mol. The first-order chi connectivity index (χ1) is 25.8. The molecule has 52 heavy (non-hydrogen) atoms. The second kappa shape index (κ2) is 12.4. The third-order valence-corrected chi connectivity index (χ3v) is 10.1. The van der Waals surface area contributed by atoms with Gasteiger partial charge in [0.2, 0.25) is 0 Å². The predicted octanol–water partition coefficient (Wildman–Crippen LogP) is 12.8. The largest absolute Gasteiger partial charge is 0.256 e. The smallest absolute Gasteiger partial charge is 0.160 e. The Labute approximate surface area is 301 Å². The fraction of sp³-hybridized carbons (Fsp3) is 0. The van der Waals surface area contributed by atoms with Crippen molar-refractivity contribution in [3.8, 4) is 56.2 Å². The van der Waals surface area contributed by atoms with Crippen LogP contribution in [-0.2, 0) is 0 Å². The molecule has 0 aliphatic carbocycles. The van der Waals surface area contributed by atoms with E-state index in [1.54, 1.807) is 0 Å². The van der Waals surface area contributed by atoms with Gasteiger partial charge >= 0.3 is 0 Å². The zero-order valence-electron chi connectivity index (χ0n) is 28.2. The van der Waals surface area contributed by atoms with E-state index in [0.29, 0.717) is 5.82 Å². The van der Waals surface area contributed by atoms with Gasteiger partial charge < -0.3 is 0 Å². The molecule has 0 aliphatic rings. The first-order valence-corrected chi connectivity index (χ1v) is 17.6. The molecule has 0 bridgehead atoms. The lowest BCUT2D eigenvalue weighted by Gasteiger charge is -2.15. The molecule has 0 saturated carbocycles. The molecule has 10 aromatic rings. The molecule has 3 heteroatoms. The van der Waals surface area contributed by atoms with E-state index in [1.807, 2.05) is 18.3 Å². The Balaban J connectivity index is 1.08. The number of benzene rings is 8. The summed E-state index contributed by atoms with van der Waals surface area (Å²) in [5.41, 5.74) is 10.5. The lowest BCUT2D eigenvalue weighted by molar-refractivity contribution is 1.18. The topological polar surface area (TPSA) is 38.7 Å². The molecule has 0 atom stereocenters. The first kappa shape index (κ1) is 29.9. The van der Waals surface area contributed by atoms with Crippen LogP contribution in [0.3, 0.4) is 0 Å². The summed E-state index contributed by atoms with van der Waals surface area (Å²) in [5.74, 6) is 0.693. The van der Waals surface area contributed by atoms with Crippen molar-refractivity contribution in [3.63, 3.8) is 0 Å². The fourth-order valence-corrected chi connectivity index (χ4v) is 7.57. The summed E-state index contributed by atoms with van der Waals surface area (Å²) in [7, 11) is 0. The van der Waals surface area contributed by atoms with Crippen molar-refractivity contribution in [1.29, 1.82) is 0 Å². The van der Waals surface area contributed by atoms with Crippen LogP contribution < -0.4 is 0 Å². The van der Waals surface area contributed by atoms with Gasteiger partial charge in [-0.2, -0.15) is 0 Å². The number of para-hydroxylation sites is 1. The van der Waals surface area contributed by atoms with Crippen molar-refractivity contribution >= 4 is 43.2 Å². The van der Waals surface area contributed by atoms with Crippen LogP contribution >= 0.6 is 0 Å². The molecule has 8 aromatic carbocycles. The fourth-order valence-electron chi connectivity index (χ4n) is 7.57. The lowest BCUT2D eigenvalue weighted by atomic mass is 9.89. The van der Waals surface area contributed by atoms with Gasteiger partial charge in [-0.25, -0.2) is 9.97 Å². The molecule has 0 unspecified atom stereocenters. The molecule has 242 valence electrons. The van der Waals surface area contributed by atoms with Crippen LogP contribution in [0.2, 0.25) is 0 Å². The van der Waals surface area contributed by atoms with Gasteiger partial charge in [0.1, 0.15) is 0 Å². The highest BCUT2D eigenvalue weighted by Crippen LogP contribution is 2.40. The van der Waals surface area contributed by atoms with Gasteiger partial charge in [-0.05, 0) is 78.8 Å². The van der Waals surface area contributed by atoms with E-state index < -0.39 is 0 Å². The molecule has 2 aromatic heterocycles. The van der Waals surface area contributed by atoms with E-state index in [-0.39, 0.29) is 0 Å². The van der Waals surface area contributed by atoms with Crippen LogP contribution in [-0.4, -0.2) is 15.0 Å². The summed E-state index contributed by atoms with van der Waals surface area (Å²) in [6.45, 7) is 0. The van der Waals surface area contributed by atoms with E-state index >= 15 is 0 Å². The second-order valence-corrected chi connectivity index (χ2v) is 13.2. The van der Waals surface area contributed by atoms with Crippen LogP contribution in [0.5, 0.6) is 0 Å². The molecule has 2 heterocycles. The van der Waals surface area contributed by atoms with Crippen LogP contribution in [0.15, 0.2) is 188 Å². The van der Waals surface area contributed by atoms with Crippen molar-refractivity contribution in [1.82, 2.24) is 15.0 Å². The van der Waals surface area contributed by atoms with Gasteiger partial charge in [0.25, 0.3) is 0 Å². The molecule has 0 amide bonds. The second-order valence-electron chi connectivity index (χ2n) is 13.2. The molecular weight excluding hydrogens is 631 g/mol. The molecule has 0 radical (unpaired) electrons. The summed E-state index contributed by atoms with van der Waals surface area (Å²) in [6.07, 6.45) is 1.88. The minimum absolute atomic E-state index is 0.693. The summed E-state index contributed by atoms with van der Waals surface area (Å²) < 4.78 is 0. The Kier molecular flexibility index (Phi) is 7.14. The van der Waals surface area contributed by atoms with Gasteiger partial charge in [-0.3, -0.25) is 4.98 Å². The van der Waals surface area contributed by atoms with Gasteiger partial charge in [0.05, 0.1) is 16.9 Å². The lowest BCUT2D eigenvalue weighted by Crippen LogP contribution is -1.96. The van der Waals surface area contributed by atoms with Crippen LogP contribution in [0, 0.1) is 0 Å². The number of hydrogen-bond donors (Lipinski definition) is 0. The van der Waals surface area contributed by atoms with Crippen molar-refractivity contribution in [3.05, 3.63) is 188 Å². The van der Waals surface area contributed by atoms with Gasteiger partial charge in [-0.15, -0.1) is 0 Å². The normalized spacial score (nSPS) is 11.5. The maximum atomic E-state index is 5.17. The highest BCUT2D eigenvalue weighted by molar-refractivity contribution is 6.20. The third kappa shape index (κ3) is 5.19. The van der Waals surface area contributed by atoms with Crippen molar-refractivity contribution < 1.29 is 0 Å². The van der Waals surface area contributed by atoms with Crippen LogP contribution in [0.25, 0.3) is 99.4 Å². The Morgan fingerprint density at radius 3 is 1.71 bits per heavy atom. The number of aromatic nitrogens is 3. The van der Waals surface area contributed by atoms with Gasteiger partial charge in [0, 0.05) is 28.3 Å². The Morgan fingerprint density at radius 1 is 0.327 bits per heavy atom. The molecule has 0 N–H and O–H groups in total. The third-order valence-electron chi connectivity index (χ3n) is 10.1. The SMILES string of the molecule is c1ccc(-c2cc(-c3ccc(-c4c5ccccc5cc5c4ccc4ccccc45)cc3)nc(-c3ccc(-c4ccnc5ccccc45)cc3)n2)cc1. The molecular formula is C49H31N3. The van der Waals surface area contributed by atoms with E-state index in [1.165, 1.54) is 43.4 Å². The average Bonchev–Trinajstić information content (AvgIpc) is 3.23. The molecule has 3 nitrogen and oxygen atoms in total. The van der Waals surface area contributed by atoms with E-state index in [2.05, 4.69) is 175 Å². The van der Waals surface area contributed by atoms with Gasteiger partial charge in [-0.1, -0.05) is 158 Å². The van der Waals surface area contributed by atoms with Crippen molar-refractivity contribution in [2.24, 2.45) is 0 Å². The Bertz CT molecular complexity index is 2930. The Morgan fingerprint density at radius 2 is 0.923 bits per heavy atom. The number of rotatable bonds is 5. The summed E-state index contributed by atoms with van der Waals surface area (Å²) in [6, 6.07) is 64.4. The number of fused-ring (bicyclic) bond motifs is 5. The molecule has 0 spiro atoms. The van der Waals surface area contributed by atoms with Crippen molar-refractivity contribution in [2.75, 3.05) is 0 Å². The van der Waals surface area contributed by atoms with E-state index in [4.69, 9.17) is 9.97 Å². The number of pyridine rings is 1. The Hall–Kier alpha value is -6.97.